The van der Waals surface area contributed by atoms with Crippen LogP contribution in [0, 0.1) is 11.7 Å². The van der Waals surface area contributed by atoms with E-state index in [0.717, 1.165) is 5.69 Å². The van der Waals surface area contributed by atoms with Gasteiger partial charge >= 0.3 is 0 Å². The molecule has 0 radical (unpaired) electrons. The SMILES string of the molecule is CC(C)[C@H](C)Nc1cccc(F)c1. The molecule has 0 heterocycles. The highest BCUT2D eigenvalue weighted by Crippen LogP contribution is 2.13. The van der Waals surface area contributed by atoms with Crippen molar-refractivity contribution in [3.05, 3.63) is 30.1 Å². The number of benzene rings is 1. The van der Waals surface area contributed by atoms with Crippen molar-refractivity contribution in [2.45, 2.75) is 26.8 Å². The van der Waals surface area contributed by atoms with E-state index in [9.17, 15) is 4.39 Å². The second-order valence-electron chi connectivity index (χ2n) is 3.69. The van der Waals surface area contributed by atoms with E-state index in [1.807, 2.05) is 6.07 Å². The third kappa shape index (κ3) is 3.05. The average molecular weight is 181 g/mol. The van der Waals surface area contributed by atoms with Crippen molar-refractivity contribution in [3.63, 3.8) is 0 Å². The Balaban J connectivity index is 2.64. The van der Waals surface area contributed by atoms with Gasteiger partial charge in [0.15, 0.2) is 0 Å². The minimum atomic E-state index is -0.194. The van der Waals surface area contributed by atoms with E-state index in [4.69, 9.17) is 0 Å². The summed E-state index contributed by atoms with van der Waals surface area (Å²) in [5.74, 6) is 0.351. The third-order valence-corrected chi connectivity index (χ3v) is 2.22. The van der Waals surface area contributed by atoms with E-state index in [1.54, 1.807) is 6.07 Å². The van der Waals surface area contributed by atoms with Crippen LogP contribution in [-0.2, 0) is 0 Å². The molecule has 1 nitrogen and oxygen atoms in total. The second-order valence-corrected chi connectivity index (χ2v) is 3.69. The van der Waals surface area contributed by atoms with Gasteiger partial charge in [-0.25, -0.2) is 4.39 Å². The molecule has 1 aromatic carbocycles. The first-order chi connectivity index (χ1) is 6.09. The molecule has 0 bridgehead atoms. The molecular weight excluding hydrogens is 165 g/mol. The predicted molar refractivity (Wildman–Crippen MR) is 54.3 cm³/mol. The Morgan fingerprint density at radius 1 is 1.23 bits per heavy atom. The normalized spacial score (nSPS) is 13.0. The highest BCUT2D eigenvalue weighted by molar-refractivity contribution is 5.43. The number of hydrogen-bond donors (Lipinski definition) is 1. The zero-order valence-electron chi connectivity index (χ0n) is 8.34. The van der Waals surface area contributed by atoms with E-state index < -0.39 is 0 Å². The molecule has 1 N–H and O–H groups in total. The van der Waals surface area contributed by atoms with Gasteiger partial charge in [0.2, 0.25) is 0 Å². The highest BCUT2D eigenvalue weighted by atomic mass is 19.1. The quantitative estimate of drug-likeness (QED) is 0.754. The summed E-state index contributed by atoms with van der Waals surface area (Å²) >= 11 is 0. The van der Waals surface area contributed by atoms with Crippen LogP contribution in [0.1, 0.15) is 20.8 Å². The van der Waals surface area contributed by atoms with Crippen molar-refractivity contribution in [2.24, 2.45) is 5.92 Å². The van der Waals surface area contributed by atoms with Crippen LogP contribution in [0.25, 0.3) is 0 Å². The number of halogens is 1. The van der Waals surface area contributed by atoms with Crippen molar-refractivity contribution < 1.29 is 4.39 Å². The van der Waals surface area contributed by atoms with Crippen LogP contribution in [-0.4, -0.2) is 6.04 Å². The minimum absolute atomic E-state index is 0.194. The number of nitrogens with one attached hydrogen (secondary N) is 1. The molecular formula is C11H16FN. The maximum absolute atomic E-state index is 12.8. The fourth-order valence-corrected chi connectivity index (χ4v) is 1.01. The first-order valence-electron chi connectivity index (χ1n) is 4.61. The first-order valence-corrected chi connectivity index (χ1v) is 4.61. The van der Waals surface area contributed by atoms with Crippen LogP contribution in [0.3, 0.4) is 0 Å². The van der Waals surface area contributed by atoms with E-state index in [2.05, 4.69) is 26.1 Å². The van der Waals surface area contributed by atoms with Gasteiger partial charge in [0.1, 0.15) is 5.82 Å². The lowest BCUT2D eigenvalue weighted by molar-refractivity contribution is 0.559. The summed E-state index contributed by atoms with van der Waals surface area (Å²) in [7, 11) is 0. The molecule has 0 spiro atoms. The molecule has 2 heteroatoms. The molecule has 0 saturated heterocycles. The first kappa shape index (κ1) is 10.0. The van der Waals surface area contributed by atoms with Crippen molar-refractivity contribution >= 4 is 5.69 Å². The second kappa shape index (κ2) is 4.26. The smallest absolute Gasteiger partial charge is 0.125 e. The molecule has 0 aliphatic rings. The summed E-state index contributed by atoms with van der Waals surface area (Å²) < 4.78 is 12.8. The Labute approximate surface area is 79.0 Å². The summed E-state index contributed by atoms with van der Waals surface area (Å²) in [5, 5.41) is 3.24. The highest BCUT2D eigenvalue weighted by Gasteiger charge is 2.06. The Bertz CT molecular complexity index is 271. The number of hydrogen-bond acceptors (Lipinski definition) is 1. The van der Waals surface area contributed by atoms with E-state index in [-0.39, 0.29) is 5.82 Å². The monoisotopic (exact) mass is 181 g/mol. The summed E-state index contributed by atoms with van der Waals surface area (Å²) in [6.07, 6.45) is 0. The molecule has 0 aliphatic carbocycles. The van der Waals surface area contributed by atoms with Crippen LogP contribution < -0.4 is 5.32 Å². The summed E-state index contributed by atoms with van der Waals surface area (Å²) in [6, 6.07) is 6.92. The minimum Gasteiger partial charge on any atom is -0.382 e. The molecule has 13 heavy (non-hydrogen) atoms. The molecule has 0 aliphatic heterocycles. The molecule has 72 valence electrons. The number of anilines is 1. The molecule has 1 aromatic rings. The maximum Gasteiger partial charge on any atom is 0.125 e. The fraction of sp³-hybridized carbons (Fsp3) is 0.455. The van der Waals surface area contributed by atoms with Gasteiger partial charge in [-0.2, -0.15) is 0 Å². The molecule has 0 fully saturated rings. The Morgan fingerprint density at radius 3 is 2.46 bits per heavy atom. The van der Waals surface area contributed by atoms with E-state index in [1.165, 1.54) is 12.1 Å². The van der Waals surface area contributed by atoms with Crippen LogP contribution in [0.2, 0.25) is 0 Å². The van der Waals surface area contributed by atoms with Crippen LogP contribution in [0.15, 0.2) is 24.3 Å². The predicted octanol–water partition coefficient (Wildman–Crippen LogP) is 3.28. The Kier molecular flexibility index (Phi) is 3.29. The molecule has 1 atom stereocenters. The molecule has 0 amide bonds. The summed E-state index contributed by atoms with van der Waals surface area (Å²) in [6.45, 7) is 6.36. The third-order valence-electron chi connectivity index (χ3n) is 2.22. The van der Waals surface area contributed by atoms with Gasteiger partial charge in [-0.3, -0.25) is 0 Å². The molecule has 0 unspecified atom stereocenters. The number of rotatable bonds is 3. The Morgan fingerprint density at radius 2 is 1.92 bits per heavy atom. The van der Waals surface area contributed by atoms with Crippen molar-refractivity contribution in [1.29, 1.82) is 0 Å². The van der Waals surface area contributed by atoms with Crippen LogP contribution >= 0.6 is 0 Å². The van der Waals surface area contributed by atoms with Crippen LogP contribution in [0.4, 0.5) is 10.1 Å². The van der Waals surface area contributed by atoms with Gasteiger partial charge in [-0.05, 0) is 31.0 Å². The lowest BCUT2D eigenvalue weighted by Crippen LogP contribution is -2.21. The van der Waals surface area contributed by atoms with E-state index >= 15 is 0 Å². The van der Waals surface area contributed by atoms with Gasteiger partial charge in [-0.1, -0.05) is 19.9 Å². The van der Waals surface area contributed by atoms with E-state index in [0.29, 0.717) is 12.0 Å². The lowest BCUT2D eigenvalue weighted by atomic mass is 10.1. The van der Waals surface area contributed by atoms with Gasteiger partial charge < -0.3 is 5.32 Å². The lowest BCUT2D eigenvalue weighted by Gasteiger charge is -2.18. The maximum atomic E-state index is 12.8. The summed E-state index contributed by atoms with van der Waals surface area (Å²) in [5.41, 5.74) is 0.848. The van der Waals surface area contributed by atoms with Crippen LogP contribution in [0.5, 0.6) is 0 Å². The molecule has 0 aromatic heterocycles. The standard InChI is InChI=1S/C11H16FN/c1-8(2)9(3)13-11-6-4-5-10(12)7-11/h4-9,13H,1-3H3/t9-/m0/s1. The van der Waals surface area contributed by atoms with Gasteiger partial charge in [0, 0.05) is 11.7 Å². The largest absolute Gasteiger partial charge is 0.382 e. The van der Waals surface area contributed by atoms with Crippen molar-refractivity contribution in [2.75, 3.05) is 5.32 Å². The van der Waals surface area contributed by atoms with Crippen molar-refractivity contribution in [3.8, 4) is 0 Å². The molecule has 1 rings (SSSR count). The zero-order valence-corrected chi connectivity index (χ0v) is 8.34. The Hall–Kier alpha value is -1.05. The van der Waals surface area contributed by atoms with Gasteiger partial charge in [0.25, 0.3) is 0 Å². The topological polar surface area (TPSA) is 12.0 Å². The average Bonchev–Trinajstić information content (AvgIpc) is 2.04. The molecule has 0 saturated carbocycles. The zero-order chi connectivity index (χ0) is 9.84. The van der Waals surface area contributed by atoms with Gasteiger partial charge in [0.05, 0.1) is 0 Å². The van der Waals surface area contributed by atoms with Gasteiger partial charge in [-0.15, -0.1) is 0 Å². The fourth-order valence-electron chi connectivity index (χ4n) is 1.01. The van der Waals surface area contributed by atoms with Crippen molar-refractivity contribution in [1.82, 2.24) is 0 Å². The summed E-state index contributed by atoms with van der Waals surface area (Å²) in [4.78, 5) is 0.